The number of aryl methyl sites for hydroxylation is 4. The van der Waals surface area contributed by atoms with Gasteiger partial charge in [-0.1, -0.05) is 24.6 Å². The van der Waals surface area contributed by atoms with E-state index in [0.29, 0.717) is 0 Å². The quantitative estimate of drug-likeness (QED) is 0.505. The molecule has 0 aliphatic carbocycles. The minimum Gasteiger partial charge on any atom is -0.340 e. The number of nitrogens with zero attached hydrogens (tertiary/aromatic N) is 2. The van der Waals surface area contributed by atoms with Crippen molar-refractivity contribution in [2.24, 2.45) is 0 Å². The third kappa shape index (κ3) is 3.06. The van der Waals surface area contributed by atoms with Gasteiger partial charge >= 0.3 is 0 Å². The minimum absolute atomic E-state index is 0. The molecule has 1 heterocycles. The van der Waals surface area contributed by atoms with E-state index in [1.807, 2.05) is 18.5 Å². The van der Waals surface area contributed by atoms with Crippen molar-refractivity contribution in [3.8, 4) is 17.1 Å². The maximum Gasteiger partial charge on any atom is 0.0602 e. The Kier molecular flexibility index (Phi) is 5.00. The number of hydrogen-bond donors (Lipinski definition) is 0. The third-order valence-electron chi connectivity index (χ3n) is 3.73. The predicted molar refractivity (Wildman–Crippen MR) is 86.8 cm³/mol. The molecule has 115 valence electrons. The second-order valence-corrected chi connectivity index (χ2v) is 5.65. The van der Waals surface area contributed by atoms with Crippen molar-refractivity contribution >= 4 is 0 Å². The Morgan fingerprint density at radius 3 is 2.23 bits per heavy atom. The van der Waals surface area contributed by atoms with E-state index in [1.54, 1.807) is 0 Å². The molecule has 0 saturated heterocycles. The summed E-state index contributed by atoms with van der Waals surface area (Å²) in [5.41, 5.74) is 7.25. The largest absolute Gasteiger partial charge is 0.340 e. The molecule has 3 heteroatoms. The van der Waals surface area contributed by atoms with Gasteiger partial charge < -0.3 is 4.57 Å². The molecule has 2 aromatic carbocycles. The van der Waals surface area contributed by atoms with E-state index in [0.717, 1.165) is 11.4 Å². The minimum atomic E-state index is 0. The Hall–Kier alpha value is -1.70. The number of imidazole rings is 1. The Morgan fingerprint density at radius 2 is 1.64 bits per heavy atom. The van der Waals surface area contributed by atoms with Crippen molar-refractivity contribution < 1.29 is 20.1 Å². The smallest absolute Gasteiger partial charge is 0.0602 e. The van der Waals surface area contributed by atoms with Crippen LogP contribution in [0.5, 0.6) is 0 Å². The SMILES string of the molecule is Cc1c[c-]c(-c2nccn2-c2c(C)cc(C)cc2C)cc1.[Ir]. The Morgan fingerprint density at radius 1 is 0.955 bits per heavy atom. The summed E-state index contributed by atoms with van der Waals surface area (Å²) in [6.45, 7) is 8.50. The average Bonchev–Trinajstić information content (AvgIpc) is 2.87. The molecule has 0 spiro atoms. The first kappa shape index (κ1) is 16.7. The molecule has 0 fully saturated rings. The monoisotopic (exact) mass is 468 g/mol. The van der Waals surface area contributed by atoms with E-state index in [2.05, 4.69) is 67.6 Å². The second kappa shape index (κ2) is 6.60. The zero-order chi connectivity index (χ0) is 15.0. The van der Waals surface area contributed by atoms with Crippen molar-refractivity contribution in [2.45, 2.75) is 27.7 Å². The molecule has 0 atom stereocenters. The van der Waals surface area contributed by atoms with Gasteiger partial charge in [-0.25, -0.2) is 0 Å². The summed E-state index contributed by atoms with van der Waals surface area (Å²) in [7, 11) is 0. The van der Waals surface area contributed by atoms with Crippen LogP contribution in [-0.2, 0) is 20.1 Å². The fraction of sp³-hybridized carbons (Fsp3) is 0.211. The molecule has 0 aliphatic rings. The van der Waals surface area contributed by atoms with Crippen LogP contribution < -0.4 is 0 Å². The van der Waals surface area contributed by atoms with Crippen molar-refractivity contribution in [1.82, 2.24) is 9.55 Å². The third-order valence-corrected chi connectivity index (χ3v) is 3.73. The van der Waals surface area contributed by atoms with Gasteiger partial charge in [0.2, 0.25) is 0 Å². The molecule has 2 nitrogen and oxygen atoms in total. The molecule has 0 saturated carbocycles. The topological polar surface area (TPSA) is 17.8 Å². The number of rotatable bonds is 2. The van der Waals surface area contributed by atoms with Crippen molar-refractivity contribution in [2.75, 3.05) is 0 Å². The van der Waals surface area contributed by atoms with Gasteiger partial charge in [0.25, 0.3) is 0 Å². The molecule has 1 radical (unpaired) electrons. The molecule has 0 bridgehead atoms. The van der Waals surface area contributed by atoms with E-state index in [9.17, 15) is 0 Å². The predicted octanol–water partition coefficient (Wildman–Crippen LogP) is 4.57. The summed E-state index contributed by atoms with van der Waals surface area (Å²) in [6, 6.07) is 13.9. The summed E-state index contributed by atoms with van der Waals surface area (Å²) >= 11 is 0. The van der Waals surface area contributed by atoms with E-state index in [-0.39, 0.29) is 20.1 Å². The summed E-state index contributed by atoms with van der Waals surface area (Å²) in [6.07, 6.45) is 3.87. The fourth-order valence-corrected chi connectivity index (χ4v) is 2.88. The van der Waals surface area contributed by atoms with Crippen LogP contribution in [0.25, 0.3) is 17.1 Å². The molecule has 0 amide bonds. The fourth-order valence-electron chi connectivity index (χ4n) is 2.88. The van der Waals surface area contributed by atoms with Crippen LogP contribution in [0.2, 0.25) is 0 Å². The molecule has 0 N–H and O–H groups in total. The van der Waals surface area contributed by atoms with Gasteiger partial charge in [-0.3, -0.25) is 4.98 Å². The van der Waals surface area contributed by atoms with Gasteiger partial charge in [0.05, 0.1) is 5.82 Å². The van der Waals surface area contributed by atoms with Crippen molar-refractivity contribution in [3.05, 3.63) is 71.0 Å². The normalized spacial score (nSPS) is 10.4. The molecule has 22 heavy (non-hydrogen) atoms. The van der Waals surface area contributed by atoms with Crippen LogP contribution in [0.3, 0.4) is 0 Å². The van der Waals surface area contributed by atoms with E-state index in [1.165, 1.54) is 27.9 Å². The Labute approximate surface area is 145 Å². The summed E-state index contributed by atoms with van der Waals surface area (Å²) in [5, 5.41) is 0. The van der Waals surface area contributed by atoms with Crippen LogP contribution in [-0.4, -0.2) is 9.55 Å². The summed E-state index contributed by atoms with van der Waals surface area (Å²) in [4.78, 5) is 4.53. The van der Waals surface area contributed by atoms with Gasteiger partial charge in [0.15, 0.2) is 0 Å². The van der Waals surface area contributed by atoms with Gasteiger partial charge in [-0.15, -0.1) is 35.4 Å². The van der Waals surface area contributed by atoms with Crippen LogP contribution in [0, 0.1) is 33.8 Å². The van der Waals surface area contributed by atoms with Crippen molar-refractivity contribution in [3.63, 3.8) is 0 Å². The van der Waals surface area contributed by atoms with Crippen LogP contribution >= 0.6 is 0 Å². The van der Waals surface area contributed by atoms with Gasteiger partial charge in [0.1, 0.15) is 0 Å². The first-order valence-corrected chi connectivity index (χ1v) is 7.16. The van der Waals surface area contributed by atoms with Gasteiger partial charge in [0, 0.05) is 38.2 Å². The van der Waals surface area contributed by atoms with Gasteiger partial charge in [-0.2, -0.15) is 0 Å². The molecule has 3 rings (SSSR count). The van der Waals surface area contributed by atoms with Crippen LogP contribution in [0.15, 0.2) is 42.7 Å². The number of hydrogen-bond acceptors (Lipinski definition) is 1. The first-order valence-electron chi connectivity index (χ1n) is 7.16. The maximum atomic E-state index is 4.53. The van der Waals surface area contributed by atoms with Crippen LogP contribution in [0.1, 0.15) is 22.3 Å². The average molecular weight is 468 g/mol. The van der Waals surface area contributed by atoms with Crippen molar-refractivity contribution in [1.29, 1.82) is 0 Å². The van der Waals surface area contributed by atoms with Crippen LogP contribution in [0.4, 0.5) is 0 Å². The van der Waals surface area contributed by atoms with E-state index in [4.69, 9.17) is 0 Å². The van der Waals surface area contributed by atoms with E-state index >= 15 is 0 Å². The summed E-state index contributed by atoms with van der Waals surface area (Å²) < 4.78 is 2.16. The van der Waals surface area contributed by atoms with Gasteiger partial charge in [-0.05, 0) is 31.9 Å². The molecular formula is C19H19IrN2-. The zero-order valence-corrected chi connectivity index (χ0v) is 15.7. The second-order valence-electron chi connectivity index (χ2n) is 5.65. The van der Waals surface area contributed by atoms with E-state index < -0.39 is 0 Å². The Balaban J connectivity index is 0.00000176. The molecule has 1 aromatic heterocycles. The molecule has 3 aromatic rings. The first-order chi connectivity index (χ1) is 10.1. The zero-order valence-electron chi connectivity index (χ0n) is 13.3. The Bertz CT molecular complexity index is 762. The standard InChI is InChI=1S/C19H19N2.Ir/c1-13-5-7-17(8-6-13)19-20-9-10-21(19)18-15(3)11-14(2)12-16(18)4;/h5-7,9-12H,1-4H3;/q-1;. The molecular weight excluding hydrogens is 448 g/mol. The molecule has 0 unspecified atom stereocenters. The maximum absolute atomic E-state index is 4.53. The molecule has 0 aliphatic heterocycles. The summed E-state index contributed by atoms with van der Waals surface area (Å²) in [5.74, 6) is 0.935. The number of aromatic nitrogens is 2. The number of benzene rings is 2.